The van der Waals surface area contributed by atoms with E-state index in [4.69, 9.17) is 4.74 Å². The van der Waals surface area contributed by atoms with Crippen LogP contribution in [0.2, 0.25) is 0 Å². The van der Waals surface area contributed by atoms with Gasteiger partial charge in [0.15, 0.2) is 6.10 Å². The maximum Gasteiger partial charge on any atom is 0.254 e. The van der Waals surface area contributed by atoms with Crippen molar-refractivity contribution in [1.29, 1.82) is 0 Å². The Hall–Kier alpha value is -1.92. The molecule has 2 aliphatic heterocycles. The van der Waals surface area contributed by atoms with Crippen molar-refractivity contribution >= 4 is 11.8 Å². The summed E-state index contributed by atoms with van der Waals surface area (Å²) in [5, 5.41) is 2.91. The summed E-state index contributed by atoms with van der Waals surface area (Å²) in [4.78, 5) is 28.9. The summed E-state index contributed by atoms with van der Waals surface area (Å²) in [5.41, 5.74) is 0.889. The summed E-state index contributed by atoms with van der Waals surface area (Å²) >= 11 is 0. The van der Waals surface area contributed by atoms with Crippen LogP contribution in [0.1, 0.15) is 37.3 Å². The van der Waals surface area contributed by atoms with Crippen LogP contribution >= 0.6 is 0 Å². The fourth-order valence-electron chi connectivity index (χ4n) is 3.66. The van der Waals surface area contributed by atoms with Gasteiger partial charge in [-0.1, -0.05) is 43.2 Å². The van der Waals surface area contributed by atoms with Crippen LogP contribution in [-0.2, 0) is 14.3 Å². The number of rotatable bonds is 5. The molecular weight excluding hydrogens is 330 g/mol. The van der Waals surface area contributed by atoms with Gasteiger partial charge in [-0.2, -0.15) is 0 Å². The Kier molecular flexibility index (Phi) is 6.63. The molecule has 2 atom stereocenters. The molecule has 2 saturated heterocycles. The molecule has 1 aromatic rings. The molecule has 0 saturated carbocycles. The predicted octanol–water partition coefficient (Wildman–Crippen LogP) is 1.58. The average molecular weight is 359 g/mol. The highest BCUT2D eigenvalue weighted by atomic mass is 16.5. The molecule has 2 amide bonds. The van der Waals surface area contributed by atoms with Gasteiger partial charge in [-0.05, 0) is 31.5 Å². The topological polar surface area (TPSA) is 61.9 Å². The number of likely N-dealkylation sites (tertiary alicyclic amines) is 1. The number of morpholine rings is 1. The third-order valence-corrected chi connectivity index (χ3v) is 5.24. The molecule has 26 heavy (non-hydrogen) atoms. The van der Waals surface area contributed by atoms with E-state index in [1.165, 1.54) is 25.7 Å². The Morgan fingerprint density at radius 1 is 1.19 bits per heavy atom. The molecule has 0 aliphatic carbocycles. The average Bonchev–Trinajstić information content (AvgIpc) is 2.95. The van der Waals surface area contributed by atoms with Crippen molar-refractivity contribution in [2.24, 2.45) is 0 Å². The summed E-state index contributed by atoms with van der Waals surface area (Å²) in [6.45, 7) is 3.72. The first-order chi connectivity index (χ1) is 12.6. The lowest BCUT2D eigenvalue weighted by molar-refractivity contribution is -0.154. The molecule has 0 unspecified atom stereocenters. The standard InChI is InChI=1S/C20H29N3O3/c1-22(13-14-23-11-7-2-3-8-12-23)20(25)19-18(21-17(24)15-26-19)16-9-5-4-6-10-16/h4-6,9-10,18-19H,2-3,7-8,11-15H2,1H3,(H,21,24)/t18-,19+/m1/s1. The van der Waals surface area contributed by atoms with Gasteiger partial charge < -0.3 is 19.9 Å². The molecule has 0 spiro atoms. The molecule has 1 aromatic carbocycles. The minimum absolute atomic E-state index is 0.0697. The molecule has 2 fully saturated rings. The third kappa shape index (κ3) is 4.83. The Balaban J connectivity index is 1.61. The van der Waals surface area contributed by atoms with E-state index in [0.717, 1.165) is 25.2 Å². The molecule has 2 heterocycles. The van der Waals surface area contributed by atoms with E-state index in [1.807, 2.05) is 37.4 Å². The number of nitrogens with one attached hydrogen (secondary N) is 1. The van der Waals surface area contributed by atoms with Gasteiger partial charge in [-0.15, -0.1) is 0 Å². The molecule has 0 aromatic heterocycles. The number of hydrogen-bond donors (Lipinski definition) is 1. The quantitative estimate of drug-likeness (QED) is 0.867. The Bertz CT molecular complexity index is 600. The summed E-state index contributed by atoms with van der Waals surface area (Å²) in [5.74, 6) is -0.260. The van der Waals surface area contributed by atoms with Gasteiger partial charge in [0, 0.05) is 20.1 Å². The maximum absolute atomic E-state index is 13.0. The first-order valence-electron chi connectivity index (χ1n) is 9.58. The molecule has 0 bridgehead atoms. The van der Waals surface area contributed by atoms with Crippen molar-refractivity contribution in [3.05, 3.63) is 35.9 Å². The van der Waals surface area contributed by atoms with Crippen molar-refractivity contribution in [3.8, 4) is 0 Å². The largest absolute Gasteiger partial charge is 0.356 e. The van der Waals surface area contributed by atoms with Gasteiger partial charge in [0.05, 0.1) is 6.04 Å². The second-order valence-electron chi connectivity index (χ2n) is 7.20. The van der Waals surface area contributed by atoms with Crippen LogP contribution in [-0.4, -0.2) is 67.6 Å². The number of benzene rings is 1. The van der Waals surface area contributed by atoms with Crippen LogP contribution in [0, 0.1) is 0 Å². The van der Waals surface area contributed by atoms with E-state index < -0.39 is 12.1 Å². The van der Waals surface area contributed by atoms with E-state index in [2.05, 4.69) is 10.2 Å². The minimum Gasteiger partial charge on any atom is -0.356 e. The first kappa shape index (κ1) is 18.9. The Morgan fingerprint density at radius 2 is 1.88 bits per heavy atom. The summed E-state index contributed by atoms with van der Waals surface area (Å²) in [6, 6.07) is 9.11. The zero-order chi connectivity index (χ0) is 18.4. The second kappa shape index (κ2) is 9.14. The summed E-state index contributed by atoms with van der Waals surface area (Å²) < 4.78 is 5.64. The zero-order valence-electron chi connectivity index (χ0n) is 15.5. The maximum atomic E-state index is 13.0. The van der Waals surface area contributed by atoms with Crippen LogP contribution in [0.25, 0.3) is 0 Å². The molecule has 6 nitrogen and oxygen atoms in total. The lowest BCUT2D eigenvalue weighted by Gasteiger charge is -2.34. The van der Waals surface area contributed by atoms with Crippen molar-refractivity contribution < 1.29 is 14.3 Å². The molecule has 3 rings (SSSR count). The highest BCUT2D eigenvalue weighted by Crippen LogP contribution is 2.23. The highest BCUT2D eigenvalue weighted by molar-refractivity contribution is 5.86. The normalized spacial score (nSPS) is 24.6. The summed E-state index contributed by atoms with van der Waals surface area (Å²) in [6.07, 6.45) is 4.42. The SMILES string of the molecule is CN(CCN1CCCCCC1)C(=O)[C@H]1OCC(=O)N[C@@H]1c1ccccc1. The first-order valence-corrected chi connectivity index (χ1v) is 9.58. The van der Waals surface area contributed by atoms with E-state index in [-0.39, 0.29) is 18.4 Å². The Morgan fingerprint density at radius 3 is 2.58 bits per heavy atom. The van der Waals surface area contributed by atoms with Gasteiger partial charge in [0.2, 0.25) is 5.91 Å². The van der Waals surface area contributed by atoms with E-state index >= 15 is 0 Å². The van der Waals surface area contributed by atoms with Gasteiger partial charge in [0.25, 0.3) is 5.91 Å². The van der Waals surface area contributed by atoms with Gasteiger partial charge in [-0.3, -0.25) is 9.59 Å². The number of amides is 2. The van der Waals surface area contributed by atoms with Gasteiger partial charge in [-0.25, -0.2) is 0 Å². The van der Waals surface area contributed by atoms with Crippen molar-refractivity contribution in [2.45, 2.75) is 37.8 Å². The number of carbonyl (C=O) groups is 2. The molecule has 6 heteroatoms. The molecule has 1 N–H and O–H groups in total. The van der Waals surface area contributed by atoms with E-state index in [1.54, 1.807) is 4.90 Å². The van der Waals surface area contributed by atoms with E-state index in [9.17, 15) is 9.59 Å². The third-order valence-electron chi connectivity index (χ3n) is 5.24. The highest BCUT2D eigenvalue weighted by Gasteiger charge is 2.37. The minimum atomic E-state index is -0.677. The number of ether oxygens (including phenoxy) is 1. The number of hydrogen-bond acceptors (Lipinski definition) is 4. The second-order valence-corrected chi connectivity index (χ2v) is 7.20. The van der Waals surface area contributed by atoms with Crippen LogP contribution in [0.4, 0.5) is 0 Å². The number of carbonyl (C=O) groups excluding carboxylic acids is 2. The van der Waals surface area contributed by atoms with E-state index in [0.29, 0.717) is 6.54 Å². The van der Waals surface area contributed by atoms with Crippen LogP contribution in [0.5, 0.6) is 0 Å². The molecule has 0 radical (unpaired) electrons. The predicted molar refractivity (Wildman–Crippen MR) is 99.6 cm³/mol. The van der Waals surface area contributed by atoms with Crippen molar-refractivity contribution in [1.82, 2.24) is 15.1 Å². The zero-order valence-corrected chi connectivity index (χ0v) is 15.5. The Labute approximate surface area is 155 Å². The van der Waals surface area contributed by atoms with Crippen LogP contribution in [0.15, 0.2) is 30.3 Å². The van der Waals surface area contributed by atoms with Gasteiger partial charge >= 0.3 is 0 Å². The smallest absolute Gasteiger partial charge is 0.254 e. The number of likely N-dealkylation sites (N-methyl/N-ethyl adjacent to an activating group) is 1. The van der Waals surface area contributed by atoms with Crippen LogP contribution < -0.4 is 5.32 Å². The fourth-order valence-corrected chi connectivity index (χ4v) is 3.66. The van der Waals surface area contributed by atoms with Gasteiger partial charge in [0.1, 0.15) is 6.61 Å². The monoisotopic (exact) mass is 359 g/mol. The van der Waals surface area contributed by atoms with Crippen molar-refractivity contribution in [3.63, 3.8) is 0 Å². The van der Waals surface area contributed by atoms with Crippen LogP contribution in [0.3, 0.4) is 0 Å². The molecular formula is C20H29N3O3. The fraction of sp³-hybridized carbons (Fsp3) is 0.600. The summed E-state index contributed by atoms with van der Waals surface area (Å²) in [7, 11) is 1.82. The van der Waals surface area contributed by atoms with Crippen molar-refractivity contribution in [2.75, 3.05) is 39.8 Å². The lowest BCUT2D eigenvalue weighted by Crippen LogP contribution is -2.53. The molecule has 2 aliphatic rings. The molecule has 142 valence electrons. The lowest BCUT2D eigenvalue weighted by atomic mass is 9.99. The number of nitrogens with zero attached hydrogens (tertiary/aromatic N) is 2.